The maximum atomic E-state index is 3.41. The third-order valence-electron chi connectivity index (χ3n) is 4.74. The zero-order valence-electron chi connectivity index (χ0n) is 15.6. The largest absolute Gasteiger partial charge is 0.296 e. The predicted octanol–water partition coefficient (Wildman–Crippen LogP) is 5.57. The van der Waals surface area contributed by atoms with Crippen molar-refractivity contribution < 1.29 is 0 Å². The van der Waals surface area contributed by atoms with Gasteiger partial charge in [-0.25, -0.2) is 0 Å². The van der Waals surface area contributed by atoms with Gasteiger partial charge in [0.1, 0.15) is 0 Å². The van der Waals surface area contributed by atoms with E-state index in [1.54, 1.807) is 0 Å². The van der Waals surface area contributed by atoms with Crippen molar-refractivity contribution in [1.82, 2.24) is 15.6 Å². The van der Waals surface area contributed by atoms with E-state index in [0.717, 1.165) is 6.54 Å². The highest BCUT2D eigenvalue weighted by Gasteiger charge is 2.17. The summed E-state index contributed by atoms with van der Waals surface area (Å²) in [6.45, 7) is 3.36. The predicted molar refractivity (Wildman–Crippen MR) is 104 cm³/mol. The molecule has 1 aromatic carbocycles. The summed E-state index contributed by atoms with van der Waals surface area (Å²) >= 11 is 0. The molecule has 2 rings (SSSR count). The van der Waals surface area contributed by atoms with E-state index in [0.29, 0.717) is 0 Å². The minimum absolute atomic E-state index is 1.08. The number of unbranched alkanes of at least 4 members (excludes halogenated alkanes) is 9. The van der Waals surface area contributed by atoms with Gasteiger partial charge in [-0.05, 0) is 6.42 Å². The van der Waals surface area contributed by atoms with Crippen LogP contribution in [0.1, 0.15) is 76.7 Å². The van der Waals surface area contributed by atoms with Crippen molar-refractivity contribution in [2.24, 2.45) is 0 Å². The van der Waals surface area contributed by atoms with Crippen LogP contribution in [0.15, 0.2) is 36.5 Å². The highest BCUT2D eigenvalue weighted by atomic mass is 15.8. The maximum absolute atomic E-state index is 3.41. The number of hydrazine groups is 2. The Morgan fingerprint density at radius 2 is 1.38 bits per heavy atom. The Morgan fingerprint density at radius 1 is 0.792 bits per heavy atom. The molecule has 1 N–H and O–H groups in total. The number of hydrogen-bond acceptors (Lipinski definition) is 3. The molecule has 134 valence electrons. The van der Waals surface area contributed by atoms with Gasteiger partial charge in [0.05, 0.1) is 5.70 Å². The second-order valence-electron chi connectivity index (χ2n) is 6.91. The lowest BCUT2D eigenvalue weighted by Crippen LogP contribution is -2.38. The Bertz CT molecular complexity index is 469. The molecular weight excluding hydrogens is 294 g/mol. The highest BCUT2D eigenvalue weighted by Crippen LogP contribution is 2.21. The topological polar surface area (TPSA) is 18.5 Å². The first-order valence-corrected chi connectivity index (χ1v) is 9.85. The first kappa shape index (κ1) is 18.9. The smallest absolute Gasteiger partial charge is 0.0780 e. The van der Waals surface area contributed by atoms with E-state index < -0.39 is 0 Å². The monoisotopic (exact) mass is 329 g/mol. The second kappa shape index (κ2) is 11.1. The van der Waals surface area contributed by atoms with Crippen molar-refractivity contribution >= 4 is 5.70 Å². The average molecular weight is 330 g/mol. The molecule has 3 heteroatoms. The molecule has 0 saturated carbocycles. The fourth-order valence-corrected chi connectivity index (χ4v) is 3.27. The fourth-order valence-electron chi connectivity index (χ4n) is 3.27. The summed E-state index contributed by atoms with van der Waals surface area (Å²) in [6, 6.07) is 10.6. The van der Waals surface area contributed by atoms with E-state index in [1.165, 1.54) is 75.5 Å². The lowest BCUT2D eigenvalue weighted by atomic mass is 10.1. The van der Waals surface area contributed by atoms with Crippen molar-refractivity contribution in [2.45, 2.75) is 71.1 Å². The summed E-state index contributed by atoms with van der Waals surface area (Å²) < 4.78 is 0. The number of rotatable bonds is 12. The third-order valence-corrected chi connectivity index (χ3v) is 4.74. The van der Waals surface area contributed by atoms with Crippen LogP contribution < -0.4 is 5.53 Å². The zero-order chi connectivity index (χ0) is 17.0. The Balaban J connectivity index is 1.55. The fraction of sp³-hybridized carbons (Fsp3) is 0.619. The normalized spacial score (nSPS) is 14.3. The van der Waals surface area contributed by atoms with Gasteiger partial charge in [0, 0.05) is 25.4 Å². The average Bonchev–Trinajstić information content (AvgIpc) is 2.98. The number of nitrogens with zero attached hydrogens (tertiary/aromatic N) is 2. The first-order valence-electron chi connectivity index (χ1n) is 9.85. The molecule has 0 aliphatic carbocycles. The van der Waals surface area contributed by atoms with Crippen LogP contribution in [0.2, 0.25) is 0 Å². The zero-order valence-corrected chi connectivity index (χ0v) is 15.6. The first-order chi connectivity index (χ1) is 11.8. The molecule has 1 heterocycles. The second-order valence-corrected chi connectivity index (χ2v) is 6.91. The van der Waals surface area contributed by atoms with Crippen LogP contribution in [-0.4, -0.2) is 23.6 Å². The van der Waals surface area contributed by atoms with Crippen LogP contribution >= 0.6 is 0 Å². The van der Waals surface area contributed by atoms with Gasteiger partial charge >= 0.3 is 0 Å². The minimum atomic E-state index is 1.08. The van der Waals surface area contributed by atoms with Crippen molar-refractivity contribution in [3.63, 3.8) is 0 Å². The molecule has 0 bridgehead atoms. The molecule has 24 heavy (non-hydrogen) atoms. The van der Waals surface area contributed by atoms with Crippen molar-refractivity contribution in [1.29, 1.82) is 0 Å². The molecule has 0 atom stereocenters. The van der Waals surface area contributed by atoms with Gasteiger partial charge in [0.25, 0.3) is 0 Å². The molecule has 0 radical (unpaired) electrons. The van der Waals surface area contributed by atoms with Gasteiger partial charge in [0.15, 0.2) is 0 Å². The molecule has 0 amide bonds. The summed E-state index contributed by atoms with van der Waals surface area (Å²) in [4.78, 5) is 0. The molecule has 1 aliphatic rings. The molecule has 3 nitrogen and oxygen atoms in total. The highest BCUT2D eigenvalue weighted by molar-refractivity contribution is 5.64. The van der Waals surface area contributed by atoms with Crippen LogP contribution in [0.5, 0.6) is 0 Å². The Kier molecular flexibility index (Phi) is 8.75. The standard InChI is InChI=1S/C21H35N3/c1-3-4-5-6-7-8-9-10-11-15-18-24-19-21(23(2)22-24)20-16-13-12-14-17-20/h12-14,16-17,19,22H,3-11,15,18H2,1-2H3. The van der Waals surface area contributed by atoms with Crippen LogP contribution in [0.4, 0.5) is 0 Å². The lowest BCUT2D eigenvalue weighted by molar-refractivity contribution is 0.164. The Labute approximate surface area is 148 Å². The number of hydrogen-bond donors (Lipinski definition) is 1. The number of benzene rings is 1. The van der Waals surface area contributed by atoms with E-state index in [-0.39, 0.29) is 0 Å². The Hall–Kier alpha value is -1.48. The van der Waals surface area contributed by atoms with Gasteiger partial charge in [-0.3, -0.25) is 10.0 Å². The molecular formula is C21H35N3. The van der Waals surface area contributed by atoms with Crippen molar-refractivity contribution in [3.05, 3.63) is 42.1 Å². The summed E-state index contributed by atoms with van der Waals surface area (Å²) in [5.74, 6) is 0. The maximum Gasteiger partial charge on any atom is 0.0780 e. The molecule has 1 aliphatic heterocycles. The van der Waals surface area contributed by atoms with Crippen LogP contribution in [0, 0.1) is 0 Å². The van der Waals surface area contributed by atoms with Crippen molar-refractivity contribution in [2.75, 3.05) is 13.6 Å². The molecule has 0 saturated heterocycles. The van der Waals surface area contributed by atoms with E-state index in [4.69, 9.17) is 0 Å². The molecule has 0 spiro atoms. The quantitative estimate of drug-likeness (QED) is 0.505. The minimum Gasteiger partial charge on any atom is -0.296 e. The molecule has 1 aromatic rings. The van der Waals surface area contributed by atoms with Gasteiger partial charge in [-0.1, -0.05) is 95.0 Å². The number of nitrogens with one attached hydrogen (secondary N) is 1. The SMILES string of the molecule is CCCCCCCCCCCCN1C=C(c2ccccc2)N(C)N1. The van der Waals surface area contributed by atoms with Crippen molar-refractivity contribution in [3.8, 4) is 0 Å². The van der Waals surface area contributed by atoms with Crippen LogP contribution in [0.25, 0.3) is 5.70 Å². The summed E-state index contributed by atoms with van der Waals surface area (Å²) in [5, 5.41) is 4.32. The van der Waals surface area contributed by atoms with E-state index >= 15 is 0 Å². The lowest BCUT2D eigenvalue weighted by Gasteiger charge is -2.20. The van der Waals surface area contributed by atoms with E-state index in [1.807, 2.05) is 0 Å². The van der Waals surface area contributed by atoms with Gasteiger partial charge in [-0.2, -0.15) is 0 Å². The van der Waals surface area contributed by atoms with Crippen LogP contribution in [0.3, 0.4) is 0 Å². The molecule has 0 fully saturated rings. The van der Waals surface area contributed by atoms with Crippen LogP contribution in [-0.2, 0) is 0 Å². The molecule has 0 unspecified atom stereocenters. The molecule has 0 aromatic heterocycles. The van der Waals surface area contributed by atoms with E-state index in [2.05, 4.69) is 66.1 Å². The third kappa shape index (κ3) is 6.56. The summed E-state index contributed by atoms with van der Waals surface area (Å²) in [7, 11) is 2.08. The summed E-state index contributed by atoms with van der Waals surface area (Å²) in [6.07, 6.45) is 16.1. The Morgan fingerprint density at radius 3 is 2.00 bits per heavy atom. The van der Waals surface area contributed by atoms with E-state index in [9.17, 15) is 0 Å². The van der Waals surface area contributed by atoms with Gasteiger partial charge in [-0.15, -0.1) is 5.53 Å². The van der Waals surface area contributed by atoms with Gasteiger partial charge < -0.3 is 0 Å². The summed E-state index contributed by atoms with van der Waals surface area (Å²) in [5.41, 5.74) is 5.91. The van der Waals surface area contributed by atoms with Gasteiger partial charge in [0.2, 0.25) is 0 Å².